The average molecular weight is 544 g/mol. The zero-order valence-electron chi connectivity index (χ0n) is 18.6. The number of rotatable bonds is 5. The van der Waals surface area contributed by atoms with Gasteiger partial charge in [-0.3, -0.25) is 9.79 Å². The summed E-state index contributed by atoms with van der Waals surface area (Å²) in [5.74, 6) is 1.78. The van der Waals surface area contributed by atoms with Crippen LogP contribution in [0.1, 0.15) is 23.5 Å². The molecule has 168 valence electrons. The van der Waals surface area contributed by atoms with Gasteiger partial charge in [-0.1, -0.05) is 36.4 Å². The van der Waals surface area contributed by atoms with Crippen molar-refractivity contribution in [1.29, 1.82) is 0 Å². The number of amides is 1. The molecule has 1 amide bonds. The third kappa shape index (κ3) is 5.29. The van der Waals surface area contributed by atoms with Crippen LogP contribution in [0.25, 0.3) is 10.9 Å². The lowest BCUT2D eigenvalue weighted by molar-refractivity contribution is -0.116. The SMILES string of the molecule is CN=C(NCc1cc(N(C)C)nc2ccccc12)NCC1CC(=O)Nc2ccccc21.I. The van der Waals surface area contributed by atoms with E-state index < -0.39 is 0 Å². The number of hydrogen-bond acceptors (Lipinski definition) is 4. The van der Waals surface area contributed by atoms with Gasteiger partial charge < -0.3 is 20.9 Å². The summed E-state index contributed by atoms with van der Waals surface area (Å²) in [7, 11) is 5.74. The van der Waals surface area contributed by atoms with Crippen LogP contribution in [0.3, 0.4) is 0 Å². The minimum absolute atomic E-state index is 0. The largest absolute Gasteiger partial charge is 0.363 e. The normalized spacial score (nSPS) is 15.4. The fourth-order valence-electron chi connectivity index (χ4n) is 3.91. The quantitative estimate of drug-likeness (QED) is 0.259. The van der Waals surface area contributed by atoms with Crippen LogP contribution in [0.2, 0.25) is 0 Å². The van der Waals surface area contributed by atoms with Crippen molar-refractivity contribution < 1.29 is 4.79 Å². The Balaban J connectivity index is 0.00000289. The maximum Gasteiger partial charge on any atom is 0.225 e. The second kappa shape index (κ2) is 10.6. The minimum Gasteiger partial charge on any atom is -0.363 e. The fraction of sp³-hybridized carbons (Fsp3) is 0.292. The number of aromatic nitrogens is 1. The topological polar surface area (TPSA) is 81.7 Å². The van der Waals surface area contributed by atoms with E-state index in [-0.39, 0.29) is 35.8 Å². The first-order valence-electron chi connectivity index (χ1n) is 10.4. The molecule has 0 spiro atoms. The molecular formula is C24H29IN6O. The standard InChI is InChI=1S/C24H28N6O.HI/c1-25-24(27-15-17-13-23(31)29-21-11-7-5-9-19(17)21)26-14-16-12-22(30(2)3)28-20-10-6-4-8-18(16)20;/h4-12,17H,13-15H2,1-3H3,(H,29,31)(H2,25,26,27);1H. The zero-order chi connectivity index (χ0) is 21.8. The molecular weight excluding hydrogens is 515 g/mol. The van der Waals surface area contributed by atoms with Crippen LogP contribution in [0.15, 0.2) is 59.6 Å². The Kier molecular flexibility index (Phi) is 7.89. The van der Waals surface area contributed by atoms with E-state index in [1.165, 1.54) is 0 Å². The molecule has 1 aromatic heterocycles. The van der Waals surface area contributed by atoms with Gasteiger partial charge in [0.25, 0.3) is 0 Å². The molecule has 32 heavy (non-hydrogen) atoms. The molecule has 2 aromatic carbocycles. The summed E-state index contributed by atoms with van der Waals surface area (Å²) in [6.07, 6.45) is 0.461. The van der Waals surface area contributed by atoms with E-state index in [4.69, 9.17) is 4.98 Å². The van der Waals surface area contributed by atoms with Gasteiger partial charge in [-0.25, -0.2) is 4.98 Å². The Morgan fingerprint density at radius 2 is 1.91 bits per heavy atom. The number of anilines is 2. The molecule has 0 aliphatic carbocycles. The number of para-hydroxylation sites is 2. The van der Waals surface area contributed by atoms with Gasteiger partial charge in [0.05, 0.1) is 5.52 Å². The van der Waals surface area contributed by atoms with E-state index in [0.29, 0.717) is 25.5 Å². The van der Waals surface area contributed by atoms with E-state index in [0.717, 1.165) is 33.5 Å². The smallest absolute Gasteiger partial charge is 0.225 e. The lowest BCUT2D eigenvalue weighted by Gasteiger charge is -2.26. The third-order valence-electron chi connectivity index (χ3n) is 5.54. The number of benzene rings is 2. The molecule has 0 fully saturated rings. The predicted octanol–water partition coefficient (Wildman–Crippen LogP) is 3.71. The molecule has 1 atom stereocenters. The molecule has 0 bridgehead atoms. The Morgan fingerprint density at radius 1 is 1.16 bits per heavy atom. The Labute approximate surface area is 205 Å². The number of aliphatic imine (C=N–C) groups is 1. The van der Waals surface area contributed by atoms with Crippen LogP contribution in [-0.4, -0.2) is 44.5 Å². The summed E-state index contributed by atoms with van der Waals surface area (Å²) < 4.78 is 0. The maximum absolute atomic E-state index is 12.1. The number of guanidine groups is 1. The van der Waals surface area contributed by atoms with E-state index in [1.807, 2.05) is 55.4 Å². The van der Waals surface area contributed by atoms with Crippen LogP contribution in [0.5, 0.6) is 0 Å². The van der Waals surface area contributed by atoms with E-state index in [2.05, 4.69) is 39.1 Å². The van der Waals surface area contributed by atoms with Crippen LogP contribution in [-0.2, 0) is 11.3 Å². The van der Waals surface area contributed by atoms with Crippen LogP contribution in [0, 0.1) is 0 Å². The molecule has 4 rings (SSSR count). The van der Waals surface area contributed by atoms with Gasteiger partial charge >= 0.3 is 0 Å². The monoisotopic (exact) mass is 544 g/mol. The van der Waals surface area contributed by atoms with Crippen LogP contribution < -0.4 is 20.9 Å². The van der Waals surface area contributed by atoms with Crippen molar-refractivity contribution in [3.63, 3.8) is 0 Å². The molecule has 1 aliphatic rings. The highest BCUT2D eigenvalue weighted by Crippen LogP contribution is 2.31. The second-order valence-electron chi connectivity index (χ2n) is 7.89. The number of fused-ring (bicyclic) bond motifs is 2. The van der Waals surface area contributed by atoms with Crippen molar-refractivity contribution in [3.8, 4) is 0 Å². The number of pyridine rings is 1. The van der Waals surface area contributed by atoms with E-state index >= 15 is 0 Å². The Bertz CT molecular complexity index is 1130. The summed E-state index contributed by atoms with van der Waals surface area (Å²) in [6.45, 7) is 1.25. The Hall–Kier alpha value is -2.88. The lowest BCUT2D eigenvalue weighted by atomic mass is 9.90. The van der Waals surface area contributed by atoms with Crippen molar-refractivity contribution >= 4 is 58.3 Å². The summed E-state index contributed by atoms with van der Waals surface area (Å²) in [5, 5.41) is 10.9. The first-order valence-corrected chi connectivity index (χ1v) is 10.4. The summed E-state index contributed by atoms with van der Waals surface area (Å²) >= 11 is 0. The van der Waals surface area contributed by atoms with Gasteiger partial charge in [-0.15, -0.1) is 24.0 Å². The lowest BCUT2D eigenvalue weighted by Crippen LogP contribution is -2.40. The molecule has 1 unspecified atom stereocenters. The highest BCUT2D eigenvalue weighted by atomic mass is 127. The summed E-state index contributed by atoms with van der Waals surface area (Å²) in [6, 6.07) is 18.2. The van der Waals surface area contributed by atoms with Crippen molar-refractivity contribution in [2.75, 3.05) is 37.9 Å². The van der Waals surface area contributed by atoms with Crippen LogP contribution in [0.4, 0.5) is 11.5 Å². The summed E-state index contributed by atoms with van der Waals surface area (Å²) in [4.78, 5) is 23.2. The molecule has 0 saturated heterocycles. The maximum atomic E-state index is 12.1. The second-order valence-corrected chi connectivity index (χ2v) is 7.89. The van der Waals surface area contributed by atoms with Gasteiger partial charge in [-0.05, 0) is 29.3 Å². The first kappa shape index (κ1) is 23.8. The number of carbonyl (C=O) groups is 1. The average Bonchev–Trinajstić information content (AvgIpc) is 2.78. The molecule has 1 aliphatic heterocycles. The zero-order valence-corrected chi connectivity index (χ0v) is 20.9. The first-order chi connectivity index (χ1) is 15.0. The van der Waals surface area contributed by atoms with Crippen molar-refractivity contribution in [3.05, 3.63) is 65.7 Å². The number of nitrogens with zero attached hydrogens (tertiary/aromatic N) is 3. The molecule has 3 aromatic rings. The molecule has 0 saturated carbocycles. The van der Waals surface area contributed by atoms with Gasteiger partial charge in [0.2, 0.25) is 5.91 Å². The third-order valence-corrected chi connectivity index (χ3v) is 5.54. The highest BCUT2D eigenvalue weighted by molar-refractivity contribution is 14.0. The van der Waals surface area contributed by atoms with Gasteiger partial charge in [0.15, 0.2) is 5.96 Å². The van der Waals surface area contributed by atoms with Gasteiger partial charge in [-0.2, -0.15) is 0 Å². The molecule has 0 radical (unpaired) electrons. The van der Waals surface area contributed by atoms with Crippen molar-refractivity contribution in [2.24, 2.45) is 4.99 Å². The van der Waals surface area contributed by atoms with E-state index in [1.54, 1.807) is 7.05 Å². The molecule has 8 heteroatoms. The van der Waals surface area contributed by atoms with E-state index in [9.17, 15) is 4.79 Å². The molecule has 2 heterocycles. The number of hydrogen-bond donors (Lipinski definition) is 3. The van der Waals surface area contributed by atoms with Gasteiger partial charge in [0, 0.05) is 57.6 Å². The Morgan fingerprint density at radius 3 is 2.69 bits per heavy atom. The predicted molar refractivity (Wildman–Crippen MR) is 142 cm³/mol. The van der Waals surface area contributed by atoms with Crippen molar-refractivity contribution in [1.82, 2.24) is 15.6 Å². The number of carbonyl (C=O) groups excluding carboxylic acids is 1. The number of halogens is 1. The fourth-order valence-corrected chi connectivity index (χ4v) is 3.91. The van der Waals surface area contributed by atoms with Gasteiger partial charge in [0.1, 0.15) is 5.82 Å². The molecule has 3 N–H and O–H groups in total. The molecule has 7 nitrogen and oxygen atoms in total. The summed E-state index contributed by atoms with van der Waals surface area (Å²) in [5.41, 5.74) is 4.17. The number of nitrogens with one attached hydrogen (secondary N) is 3. The minimum atomic E-state index is 0. The van der Waals surface area contributed by atoms with Crippen molar-refractivity contribution in [2.45, 2.75) is 18.9 Å². The van der Waals surface area contributed by atoms with Crippen LogP contribution >= 0.6 is 24.0 Å². The highest BCUT2D eigenvalue weighted by Gasteiger charge is 2.24.